The Morgan fingerprint density at radius 1 is 1.54 bits per heavy atom. The summed E-state index contributed by atoms with van der Waals surface area (Å²) in [7, 11) is 1.02. The standard InChI is InChI=1S/C4H10N4O5/c1-7(3(10)2(5)9)4(6-11)8(12)13/h2,9,11-13H,5H2,1H3/b6-4-. The molecule has 0 saturated heterocycles. The molecule has 0 rings (SSSR count). The van der Waals surface area contributed by atoms with Crippen LogP contribution in [0.3, 0.4) is 0 Å². The lowest BCUT2D eigenvalue weighted by Gasteiger charge is -2.20. The molecule has 0 heterocycles. The Morgan fingerprint density at radius 2 is 2.00 bits per heavy atom. The van der Waals surface area contributed by atoms with Crippen molar-refractivity contribution in [1.82, 2.24) is 10.1 Å². The summed E-state index contributed by atoms with van der Waals surface area (Å²) in [6, 6.07) is 0. The molecule has 13 heavy (non-hydrogen) atoms. The van der Waals surface area contributed by atoms with E-state index >= 15 is 0 Å². The molecule has 0 fully saturated rings. The van der Waals surface area contributed by atoms with Gasteiger partial charge in [0.1, 0.15) is 0 Å². The van der Waals surface area contributed by atoms with Crippen molar-refractivity contribution in [2.24, 2.45) is 10.9 Å². The number of hydrogen-bond donors (Lipinski definition) is 5. The van der Waals surface area contributed by atoms with Crippen molar-refractivity contribution in [3.05, 3.63) is 0 Å². The first-order valence-electron chi connectivity index (χ1n) is 3.03. The van der Waals surface area contributed by atoms with Crippen LogP contribution in [0.15, 0.2) is 5.16 Å². The molecule has 0 saturated carbocycles. The fourth-order valence-corrected chi connectivity index (χ4v) is 0.538. The van der Waals surface area contributed by atoms with E-state index in [1.165, 1.54) is 0 Å². The molecule has 0 aliphatic rings. The second kappa shape index (κ2) is 4.57. The first-order chi connectivity index (χ1) is 5.91. The number of guanidine groups is 1. The summed E-state index contributed by atoms with van der Waals surface area (Å²) >= 11 is 0. The quantitative estimate of drug-likeness (QED) is 0.102. The number of carbonyl (C=O) groups excluding carboxylic acids is 1. The molecule has 1 unspecified atom stereocenters. The third-order valence-electron chi connectivity index (χ3n) is 1.15. The molecule has 0 aliphatic carbocycles. The highest BCUT2D eigenvalue weighted by Crippen LogP contribution is 1.93. The van der Waals surface area contributed by atoms with Crippen LogP contribution in [0.5, 0.6) is 0 Å². The summed E-state index contributed by atoms with van der Waals surface area (Å²) in [5.74, 6) is -1.96. The van der Waals surface area contributed by atoms with E-state index in [0.29, 0.717) is 4.90 Å². The topological polar surface area (TPSA) is 143 Å². The molecule has 0 aromatic carbocycles. The molecular formula is C4H10N4O5. The highest BCUT2D eigenvalue weighted by atomic mass is 16.8. The second-order valence-corrected chi connectivity index (χ2v) is 2.03. The van der Waals surface area contributed by atoms with Crippen LogP contribution in [-0.2, 0) is 4.79 Å². The second-order valence-electron chi connectivity index (χ2n) is 2.03. The van der Waals surface area contributed by atoms with Gasteiger partial charge in [0, 0.05) is 7.05 Å². The van der Waals surface area contributed by atoms with Crippen LogP contribution in [0.1, 0.15) is 0 Å². The maximum absolute atomic E-state index is 10.9. The molecule has 0 bridgehead atoms. The lowest BCUT2D eigenvalue weighted by Crippen LogP contribution is -2.49. The first kappa shape index (κ1) is 11.6. The van der Waals surface area contributed by atoms with Crippen LogP contribution >= 0.6 is 0 Å². The maximum atomic E-state index is 10.9. The number of carbonyl (C=O) groups is 1. The minimum Gasteiger partial charge on any atom is -0.408 e. The smallest absolute Gasteiger partial charge is 0.295 e. The number of oxime groups is 1. The molecule has 0 aromatic rings. The van der Waals surface area contributed by atoms with Gasteiger partial charge in [-0.15, -0.1) is 0 Å². The van der Waals surface area contributed by atoms with Gasteiger partial charge in [-0.25, -0.2) is 0 Å². The number of amides is 1. The number of hydroxylamine groups is 2. The fraction of sp³-hybridized carbons (Fsp3) is 0.500. The third-order valence-corrected chi connectivity index (χ3v) is 1.15. The summed E-state index contributed by atoms with van der Waals surface area (Å²) < 4.78 is 0. The van der Waals surface area contributed by atoms with E-state index in [-0.39, 0.29) is 0 Å². The summed E-state index contributed by atoms with van der Waals surface area (Å²) in [4.78, 5) is 11.3. The predicted octanol–water partition coefficient (Wildman–Crippen LogP) is -2.45. The molecule has 0 spiro atoms. The van der Waals surface area contributed by atoms with Crippen molar-refractivity contribution < 1.29 is 25.5 Å². The maximum Gasteiger partial charge on any atom is 0.295 e. The molecule has 9 nitrogen and oxygen atoms in total. The van der Waals surface area contributed by atoms with Crippen molar-refractivity contribution in [2.75, 3.05) is 7.05 Å². The van der Waals surface area contributed by atoms with Gasteiger partial charge in [-0.2, -0.15) is 0 Å². The van der Waals surface area contributed by atoms with Crippen molar-refractivity contribution >= 4 is 11.9 Å². The number of rotatable bonds is 1. The highest BCUT2D eigenvalue weighted by molar-refractivity contribution is 5.97. The number of likely N-dealkylation sites (N-methyl/N-ethyl adjacent to an activating group) is 1. The number of hydrogen-bond acceptors (Lipinski definition) is 7. The van der Waals surface area contributed by atoms with Crippen LogP contribution < -0.4 is 5.73 Å². The van der Waals surface area contributed by atoms with E-state index in [9.17, 15) is 4.79 Å². The van der Waals surface area contributed by atoms with E-state index in [1.54, 1.807) is 0 Å². The van der Waals surface area contributed by atoms with Crippen LogP contribution in [0.25, 0.3) is 0 Å². The summed E-state index contributed by atoms with van der Waals surface area (Å²) in [6.45, 7) is 0. The van der Waals surface area contributed by atoms with Crippen molar-refractivity contribution in [3.8, 4) is 0 Å². The molecule has 6 N–H and O–H groups in total. The van der Waals surface area contributed by atoms with Gasteiger partial charge in [0.15, 0.2) is 6.23 Å². The lowest BCUT2D eigenvalue weighted by atomic mass is 10.5. The Hall–Kier alpha value is -1.42. The molecule has 0 aromatic heterocycles. The minimum absolute atomic E-state index is 0.449. The van der Waals surface area contributed by atoms with E-state index in [4.69, 9.17) is 26.5 Å². The van der Waals surface area contributed by atoms with Crippen LogP contribution in [0.4, 0.5) is 0 Å². The molecular weight excluding hydrogens is 184 g/mol. The van der Waals surface area contributed by atoms with Crippen LogP contribution in [0.2, 0.25) is 0 Å². The Labute approximate surface area is 72.8 Å². The van der Waals surface area contributed by atoms with E-state index in [1.807, 2.05) is 0 Å². The number of aliphatic hydroxyl groups is 1. The van der Waals surface area contributed by atoms with Gasteiger partial charge in [-0.05, 0) is 5.16 Å². The van der Waals surface area contributed by atoms with E-state index in [2.05, 4.69) is 5.16 Å². The Bertz CT molecular complexity index is 215. The molecule has 1 amide bonds. The van der Waals surface area contributed by atoms with Crippen molar-refractivity contribution in [3.63, 3.8) is 0 Å². The lowest BCUT2D eigenvalue weighted by molar-refractivity contribution is -0.252. The average Bonchev–Trinajstić information content (AvgIpc) is 2.03. The average molecular weight is 194 g/mol. The van der Waals surface area contributed by atoms with Gasteiger partial charge >= 0.3 is 0 Å². The summed E-state index contributed by atoms with van der Waals surface area (Å²) in [5, 5.41) is 35.4. The number of nitrogens with zero attached hydrogens (tertiary/aromatic N) is 3. The van der Waals surface area contributed by atoms with Gasteiger partial charge in [0.25, 0.3) is 11.9 Å². The first-order valence-corrected chi connectivity index (χ1v) is 3.03. The Kier molecular flexibility index (Phi) is 4.07. The monoisotopic (exact) mass is 194 g/mol. The van der Waals surface area contributed by atoms with E-state index < -0.39 is 23.3 Å². The highest BCUT2D eigenvalue weighted by Gasteiger charge is 2.23. The molecule has 0 radical (unpaired) electrons. The largest absolute Gasteiger partial charge is 0.408 e. The van der Waals surface area contributed by atoms with Gasteiger partial charge < -0.3 is 10.3 Å². The minimum atomic E-state index is -1.83. The van der Waals surface area contributed by atoms with Crippen LogP contribution in [-0.4, -0.2) is 56.0 Å². The summed E-state index contributed by atoms with van der Waals surface area (Å²) in [6.07, 6.45) is -1.83. The Balaban J connectivity index is 4.57. The molecule has 0 aliphatic heterocycles. The summed E-state index contributed by atoms with van der Waals surface area (Å²) in [5.41, 5.74) is 4.78. The molecule has 76 valence electrons. The van der Waals surface area contributed by atoms with Crippen LogP contribution in [0, 0.1) is 0 Å². The zero-order valence-corrected chi connectivity index (χ0v) is 6.69. The van der Waals surface area contributed by atoms with Crippen molar-refractivity contribution in [1.29, 1.82) is 0 Å². The Morgan fingerprint density at radius 3 is 2.23 bits per heavy atom. The number of nitrogens with two attached hydrogens (primary N) is 1. The van der Waals surface area contributed by atoms with E-state index in [0.717, 1.165) is 7.05 Å². The molecule has 1 atom stereocenters. The zero-order valence-electron chi connectivity index (χ0n) is 6.69. The SMILES string of the molecule is CN(C(=O)C(N)O)/C(=N/O)N(O)O. The third kappa shape index (κ3) is 2.83. The van der Waals surface area contributed by atoms with Crippen molar-refractivity contribution in [2.45, 2.75) is 6.23 Å². The van der Waals surface area contributed by atoms with Gasteiger partial charge in [-0.1, -0.05) is 5.23 Å². The normalized spacial score (nSPS) is 13.8. The molecule has 9 heteroatoms. The van der Waals surface area contributed by atoms with Gasteiger partial charge in [0.05, 0.1) is 0 Å². The predicted molar refractivity (Wildman–Crippen MR) is 37.6 cm³/mol. The number of aliphatic hydroxyl groups excluding tert-OH is 1. The fourth-order valence-electron chi connectivity index (χ4n) is 0.538. The van der Waals surface area contributed by atoms with Gasteiger partial charge in [0.2, 0.25) is 0 Å². The van der Waals surface area contributed by atoms with Gasteiger partial charge in [-0.3, -0.25) is 25.8 Å². The zero-order chi connectivity index (χ0) is 10.6.